The zero-order valence-corrected chi connectivity index (χ0v) is 17.6. The van der Waals surface area contributed by atoms with Crippen molar-refractivity contribution in [3.8, 4) is 11.5 Å². The number of carbonyl (C=O) groups is 1. The van der Waals surface area contributed by atoms with E-state index in [9.17, 15) is 4.79 Å². The Balaban J connectivity index is 0.00000225. The summed E-state index contributed by atoms with van der Waals surface area (Å²) in [7, 11) is 0. The lowest BCUT2D eigenvalue weighted by molar-refractivity contribution is -0.135. The topological polar surface area (TPSA) is 50.8 Å². The van der Waals surface area contributed by atoms with E-state index in [2.05, 4.69) is 23.2 Å². The van der Waals surface area contributed by atoms with Crippen LogP contribution in [-0.2, 0) is 11.3 Å². The Kier molecular flexibility index (Phi) is 7.47. The fraction of sp³-hybridized carbons (Fsp3) is 0.682. The van der Waals surface area contributed by atoms with E-state index in [-0.39, 0.29) is 19.2 Å². The number of nitrogens with one attached hydrogen (secondary N) is 1. The third-order valence-electron chi connectivity index (χ3n) is 6.47. The zero-order valence-electron chi connectivity index (χ0n) is 16.8. The fourth-order valence-electron chi connectivity index (χ4n) is 4.64. The monoisotopic (exact) mass is 408 g/mol. The first-order chi connectivity index (χ1) is 13.2. The second kappa shape index (κ2) is 9.84. The Morgan fingerprint density at radius 3 is 2.68 bits per heavy atom. The third-order valence-corrected chi connectivity index (χ3v) is 6.47. The number of hydrogen-bond donors (Lipinski definition) is 1. The molecular formula is C22H33ClN2O3. The fourth-order valence-corrected chi connectivity index (χ4v) is 4.64. The Bertz CT molecular complexity index is 655. The van der Waals surface area contributed by atoms with Crippen LogP contribution in [-0.4, -0.2) is 36.7 Å². The van der Waals surface area contributed by atoms with Crippen molar-refractivity contribution in [3.63, 3.8) is 0 Å². The summed E-state index contributed by atoms with van der Waals surface area (Å²) in [5.41, 5.74) is 1.13. The molecule has 1 amide bonds. The van der Waals surface area contributed by atoms with Crippen molar-refractivity contribution < 1.29 is 14.3 Å². The minimum Gasteiger partial charge on any atom is -0.454 e. The number of amides is 1. The smallest absolute Gasteiger partial charge is 0.231 e. The quantitative estimate of drug-likeness (QED) is 0.768. The van der Waals surface area contributed by atoms with Gasteiger partial charge in [0.15, 0.2) is 11.5 Å². The van der Waals surface area contributed by atoms with Crippen LogP contribution >= 0.6 is 12.4 Å². The Hall–Kier alpha value is -1.46. The first-order valence-corrected chi connectivity index (χ1v) is 10.6. The maximum absolute atomic E-state index is 13.2. The molecule has 1 aromatic rings. The average molecular weight is 409 g/mol. The molecule has 1 aliphatic carbocycles. The van der Waals surface area contributed by atoms with Crippen molar-refractivity contribution >= 4 is 18.3 Å². The highest BCUT2D eigenvalue weighted by Gasteiger charge is 2.28. The predicted molar refractivity (Wildman–Crippen MR) is 112 cm³/mol. The molecule has 1 unspecified atom stereocenters. The van der Waals surface area contributed by atoms with Crippen LogP contribution in [0.5, 0.6) is 11.5 Å². The minimum absolute atomic E-state index is 0. The summed E-state index contributed by atoms with van der Waals surface area (Å²) < 4.78 is 10.9. The van der Waals surface area contributed by atoms with E-state index < -0.39 is 0 Å². The molecule has 1 saturated heterocycles. The van der Waals surface area contributed by atoms with Crippen molar-refractivity contribution in [1.29, 1.82) is 0 Å². The zero-order chi connectivity index (χ0) is 18.6. The highest BCUT2D eigenvalue weighted by molar-refractivity contribution is 5.85. The molecule has 2 aliphatic heterocycles. The van der Waals surface area contributed by atoms with Gasteiger partial charge in [0.05, 0.1) is 0 Å². The van der Waals surface area contributed by atoms with Crippen molar-refractivity contribution in [2.24, 2.45) is 11.8 Å². The van der Waals surface area contributed by atoms with Gasteiger partial charge in [0.2, 0.25) is 12.7 Å². The summed E-state index contributed by atoms with van der Waals surface area (Å²) >= 11 is 0. The molecule has 28 heavy (non-hydrogen) atoms. The van der Waals surface area contributed by atoms with E-state index in [1.807, 2.05) is 12.1 Å². The summed E-state index contributed by atoms with van der Waals surface area (Å²) in [6.07, 6.45) is 7.58. The predicted octanol–water partition coefficient (Wildman–Crippen LogP) is 4.13. The van der Waals surface area contributed by atoms with Crippen molar-refractivity contribution in [3.05, 3.63) is 23.8 Å². The first kappa shape index (κ1) is 21.3. The number of ether oxygens (including phenoxy) is 2. The van der Waals surface area contributed by atoms with Gasteiger partial charge in [-0.05, 0) is 81.1 Å². The van der Waals surface area contributed by atoms with Gasteiger partial charge in [-0.15, -0.1) is 12.4 Å². The van der Waals surface area contributed by atoms with Gasteiger partial charge >= 0.3 is 0 Å². The van der Waals surface area contributed by atoms with Gasteiger partial charge < -0.3 is 19.7 Å². The van der Waals surface area contributed by atoms with Crippen LogP contribution in [0.25, 0.3) is 0 Å². The molecule has 3 aliphatic rings. The first-order valence-electron chi connectivity index (χ1n) is 10.6. The molecule has 2 fully saturated rings. The van der Waals surface area contributed by atoms with E-state index >= 15 is 0 Å². The van der Waals surface area contributed by atoms with Crippen LogP contribution in [0.3, 0.4) is 0 Å². The molecule has 1 N–H and O–H groups in total. The normalized spacial score (nSPS) is 26.0. The number of fused-ring (bicyclic) bond motifs is 1. The average Bonchev–Trinajstić information content (AvgIpc) is 3.36. The Morgan fingerprint density at radius 2 is 1.93 bits per heavy atom. The third kappa shape index (κ3) is 5.12. The SMILES string of the molecule is CC1CCC(N(Cc2ccc3c(c2)OCO3)C(=O)CCC2CCNC2)CC1.Cl. The molecule has 0 radical (unpaired) electrons. The molecular weight excluding hydrogens is 376 g/mol. The van der Waals surface area contributed by atoms with Gasteiger partial charge in [-0.1, -0.05) is 13.0 Å². The van der Waals surface area contributed by atoms with E-state index in [4.69, 9.17) is 9.47 Å². The molecule has 1 saturated carbocycles. The molecule has 4 rings (SSSR count). The lowest BCUT2D eigenvalue weighted by Gasteiger charge is -2.36. The van der Waals surface area contributed by atoms with Crippen LogP contribution in [0.15, 0.2) is 18.2 Å². The molecule has 1 atom stereocenters. The van der Waals surface area contributed by atoms with E-state index in [1.165, 1.54) is 19.3 Å². The summed E-state index contributed by atoms with van der Waals surface area (Å²) in [6, 6.07) is 6.45. The molecule has 0 bridgehead atoms. The second-order valence-corrected chi connectivity index (χ2v) is 8.52. The molecule has 6 heteroatoms. The summed E-state index contributed by atoms with van der Waals surface area (Å²) in [5, 5.41) is 3.41. The number of halogens is 1. The molecule has 1 aromatic carbocycles. The lowest BCUT2D eigenvalue weighted by atomic mass is 9.86. The van der Waals surface area contributed by atoms with E-state index in [0.29, 0.717) is 30.8 Å². The highest BCUT2D eigenvalue weighted by atomic mass is 35.5. The highest BCUT2D eigenvalue weighted by Crippen LogP contribution is 2.34. The van der Waals surface area contributed by atoms with E-state index in [1.54, 1.807) is 0 Å². The summed E-state index contributed by atoms with van der Waals surface area (Å²) in [5.74, 6) is 3.37. The second-order valence-electron chi connectivity index (χ2n) is 8.52. The lowest BCUT2D eigenvalue weighted by Crippen LogP contribution is -2.41. The van der Waals surface area contributed by atoms with E-state index in [0.717, 1.165) is 55.3 Å². The van der Waals surface area contributed by atoms with Gasteiger partial charge in [-0.2, -0.15) is 0 Å². The Labute approximate surface area is 174 Å². The number of hydrogen-bond acceptors (Lipinski definition) is 4. The Morgan fingerprint density at radius 1 is 1.14 bits per heavy atom. The molecule has 0 spiro atoms. The van der Waals surface area contributed by atoms with Gasteiger partial charge in [-0.25, -0.2) is 0 Å². The number of carbonyl (C=O) groups excluding carboxylic acids is 1. The molecule has 0 aromatic heterocycles. The maximum atomic E-state index is 13.2. The molecule has 5 nitrogen and oxygen atoms in total. The minimum atomic E-state index is 0. The largest absolute Gasteiger partial charge is 0.454 e. The summed E-state index contributed by atoms with van der Waals surface area (Å²) in [4.78, 5) is 15.3. The van der Waals surface area contributed by atoms with Crippen LogP contribution in [0.1, 0.15) is 57.4 Å². The van der Waals surface area contributed by atoms with Crippen molar-refractivity contribution in [2.75, 3.05) is 19.9 Å². The van der Waals surface area contributed by atoms with Crippen LogP contribution in [0.4, 0.5) is 0 Å². The van der Waals surface area contributed by atoms with Crippen LogP contribution < -0.4 is 14.8 Å². The van der Waals surface area contributed by atoms with Gasteiger partial charge in [0.1, 0.15) is 0 Å². The number of nitrogens with zero attached hydrogens (tertiary/aromatic N) is 1. The standard InChI is InChI=1S/C22H32N2O3.ClH/c1-16-2-6-19(7-3-16)24(22(25)9-5-17-10-11-23-13-17)14-18-4-8-20-21(12-18)27-15-26-20;/h4,8,12,16-17,19,23H,2-3,5-7,9-11,13-15H2,1H3;1H. The van der Waals surface area contributed by atoms with Gasteiger partial charge in [0.25, 0.3) is 0 Å². The van der Waals surface area contributed by atoms with Crippen LogP contribution in [0, 0.1) is 11.8 Å². The molecule has 2 heterocycles. The van der Waals surface area contributed by atoms with Gasteiger partial charge in [0, 0.05) is 19.0 Å². The van der Waals surface area contributed by atoms with Crippen molar-refractivity contribution in [2.45, 2.75) is 64.5 Å². The van der Waals surface area contributed by atoms with Gasteiger partial charge in [-0.3, -0.25) is 4.79 Å². The maximum Gasteiger partial charge on any atom is 0.231 e. The molecule has 156 valence electrons. The summed E-state index contributed by atoms with van der Waals surface area (Å²) in [6.45, 7) is 5.46. The van der Waals surface area contributed by atoms with Crippen molar-refractivity contribution in [1.82, 2.24) is 10.2 Å². The number of rotatable bonds is 6. The van der Waals surface area contributed by atoms with Crippen LogP contribution in [0.2, 0.25) is 0 Å². The number of benzene rings is 1.